The van der Waals surface area contributed by atoms with Crippen molar-refractivity contribution < 1.29 is 23.8 Å². The lowest BCUT2D eigenvalue weighted by molar-refractivity contribution is -0.130. The SMILES string of the molecule is COc1ccc2c(c1)CC/C(=C/c1cc(Br)c(OCC(=O)N(C)C)c(OC)c1)C2=O. The second-order valence-corrected chi connectivity index (χ2v) is 7.99. The van der Waals surface area contributed by atoms with Crippen LogP contribution in [0.15, 0.2) is 40.4 Å². The molecule has 2 aromatic rings. The highest BCUT2D eigenvalue weighted by molar-refractivity contribution is 9.10. The van der Waals surface area contributed by atoms with Crippen molar-refractivity contribution in [2.45, 2.75) is 12.8 Å². The predicted molar refractivity (Wildman–Crippen MR) is 119 cm³/mol. The number of benzene rings is 2. The van der Waals surface area contributed by atoms with Gasteiger partial charge < -0.3 is 19.1 Å². The number of halogens is 1. The maximum Gasteiger partial charge on any atom is 0.259 e. The Morgan fingerprint density at radius 1 is 1.13 bits per heavy atom. The molecule has 3 rings (SSSR count). The zero-order valence-corrected chi connectivity index (χ0v) is 19.0. The molecule has 0 spiro atoms. The van der Waals surface area contributed by atoms with Gasteiger partial charge >= 0.3 is 0 Å². The van der Waals surface area contributed by atoms with Gasteiger partial charge in [-0.05, 0) is 76.3 Å². The van der Waals surface area contributed by atoms with Crippen molar-refractivity contribution in [3.8, 4) is 17.2 Å². The number of ether oxygens (including phenoxy) is 3. The fraction of sp³-hybridized carbons (Fsp3) is 0.304. The number of likely N-dealkylation sites (N-methyl/N-ethyl adjacent to an activating group) is 1. The lowest BCUT2D eigenvalue weighted by Crippen LogP contribution is -2.27. The van der Waals surface area contributed by atoms with Crippen LogP contribution in [0.3, 0.4) is 0 Å². The normalized spacial score (nSPS) is 14.3. The summed E-state index contributed by atoms with van der Waals surface area (Å²) in [5.74, 6) is 1.55. The minimum Gasteiger partial charge on any atom is -0.497 e. The quantitative estimate of drug-likeness (QED) is 0.589. The highest BCUT2D eigenvalue weighted by Gasteiger charge is 2.23. The van der Waals surface area contributed by atoms with Crippen molar-refractivity contribution in [1.82, 2.24) is 4.90 Å². The van der Waals surface area contributed by atoms with Gasteiger partial charge in [-0.2, -0.15) is 0 Å². The van der Waals surface area contributed by atoms with Crippen LogP contribution in [0.2, 0.25) is 0 Å². The van der Waals surface area contributed by atoms with Gasteiger partial charge in [-0.15, -0.1) is 0 Å². The smallest absolute Gasteiger partial charge is 0.259 e. The number of hydrogen-bond acceptors (Lipinski definition) is 5. The lowest BCUT2D eigenvalue weighted by Gasteiger charge is -2.19. The number of nitrogens with zero attached hydrogens (tertiary/aromatic N) is 1. The largest absolute Gasteiger partial charge is 0.497 e. The Morgan fingerprint density at radius 2 is 1.90 bits per heavy atom. The fourth-order valence-corrected chi connectivity index (χ4v) is 3.82. The van der Waals surface area contributed by atoms with Gasteiger partial charge in [0.05, 0.1) is 18.7 Å². The molecule has 0 aliphatic heterocycles. The van der Waals surface area contributed by atoms with Crippen molar-refractivity contribution in [3.63, 3.8) is 0 Å². The van der Waals surface area contributed by atoms with Crippen LogP contribution in [0, 0.1) is 0 Å². The highest BCUT2D eigenvalue weighted by Crippen LogP contribution is 2.38. The Balaban J connectivity index is 1.87. The van der Waals surface area contributed by atoms with Gasteiger partial charge in [0, 0.05) is 25.2 Å². The molecule has 0 saturated carbocycles. The number of Topliss-reactive ketones (excluding diaryl/α,β-unsaturated/α-hetero) is 1. The van der Waals surface area contributed by atoms with E-state index in [1.54, 1.807) is 33.3 Å². The summed E-state index contributed by atoms with van der Waals surface area (Å²) >= 11 is 3.49. The first-order valence-corrected chi connectivity index (χ1v) is 10.3. The number of hydrogen-bond donors (Lipinski definition) is 0. The van der Waals surface area contributed by atoms with Gasteiger partial charge in [-0.1, -0.05) is 0 Å². The van der Waals surface area contributed by atoms with Crippen molar-refractivity contribution in [2.24, 2.45) is 0 Å². The number of rotatable bonds is 6. The summed E-state index contributed by atoms with van der Waals surface area (Å²) in [7, 11) is 6.49. The number of carbonyl (C=O) groups is 2. The second-order valence-electron chi connectivity index (χ2n) is 7.13. The van der Waals surface area contributed by atoms with Gasteiger partial charge in [-0.25, -0.2) is 0 Å². The Bertz CT molecular complexity index is 1010. The monoisotopic (exact) mass is 473 g/mol. The van der Waals surface area contributed by atoms with E-state index in [1.807, 2.05) is 24.3 Å². The number of amides is 1. The third-order valence-electron chi connectivity index (χ3n) is 4.94. The van der Waals surface area contributed by atoms with E-state index in [0.29, 0.717) is 28.0 Å². The first-order valence-electron chi connectivity index (χ1n) is 9.46. The third kappa shape index (κ3) is 4.67. The van der Waals surface area contributed by atoms with E-state index in [-0.39, 0.29) is 18.3 Å². The van der Waals surface area contributed by atoms with Crippen LogP contribution >= 0.6 is 15.9 Å². The topological polar surface area (TPSA) is 65.1 Å². The fourth-order valence-electron chi connectivity index (χ4n) is 3.25. The van der Waals surface area contributed by atoms with Crippen LogP contribution < -0.4 is 14.2 Å². The molecule has 0 unspecified atom stereocenters. The van der Waals surface area contributed by atoms with E-state index in [9.17, 15) is 9.59 Å². The van der Waals surface area contributed by atoms with Crippen molar-refractivity contribution in [2.75, 3.05) is 34.9 Å². The van der Waals surface area contributed by atoms with Gasteiger partial charge in [0.2, 0.25) is 0 Å². The standard InChI is InChI=1S/C23H24BrNO5/c1-25(2)21(26)13-30-23-19(24)10-14(11-20(23)29-4)9-16-6-5-15-12-17(28-3)7-8-18(15)22(16)27/h7-12H,5-6,13H2,1-4H3/b16-9-. The van der Waals surface area contributed by atoms with Gasteiger partial charge in [0.1, 0.15) is 5.75 Å². The van der Waals surface area contributed by atoms with Gasteiger partial charge in [0.25, 0.3) is 5.91 Å². The highest BCUT2D eigenvalue weighted by atomic mass is 79.9. The molecule has 0 radical (unpaired) electrons. The lowest BCUT2D eigenvalue weighted by atomic mass is 9.86. The maximum absolute atomic E-state index is 12.9. The minimum absolute atomic E-state index is 0.0194. The van der Waals surface area contributed by atoms with E-state index in [4.69, 9.17) is 14.2 Å². The Kier molecular flexibility index (Phi) is 6.82. The summed E-state index contributed by atoms with van der Waals surface area (Å²) in [6.07, 6.45) is 3.29. The van der Waals surface area contributed by atoms with Crippen LogP contribution in [0.1, 0.15) is 27.9 Å². The van der Waals surface area contributed by atoms with E-state index < -0.39 is 0 Å². The molecule has 0 bridgehead atoms. The van der Waals surface area contributed by atoms with E-state index in [1.165, 1.54) is 12.0 Å². The first-order chi connectivity index (χ1) is 14.3. The number of fused-ring (bicyclic) bond motifs is 1. The van der Waals surface area contributed by atoms with Crippen LogP contribution in [0.5, 0.6) is 17.2 Å². The molecule has 0 N–H and O–H groups in total. The van der Waals surface area contributed by atoms with Crippen LogP contribution in [0.25, 0.3) is 6.08 Å². The molecule has 0 saturated heterocycles. The molecule has 0 aromatic heterocycles. The summed E-state index contributed by atoms with van der Waals surface area (Å²) in [4.78, 5) is 26.2. The number of carbonyl (C=O) groups excluding carboxylic acids is 2. The maximum atomic E-state index is 12.9. The Labute approximate surface area is 184 Å². The van der Waals surface area contributed by atoms with Crippen LogP contribution in [-0.2, 0) is 11.2 Å². The van der Waals surface area contributed by atoms with E-state index in [2.05, 4.69) is 15.9 Å². The molecular weight excluding hydrogens is 450 g/mol. The zero-order valence-electron chi connectivity index (χ0n) is 17.5. The molecular formula is C23H24BrNO5. The summed E-state index contributed by atoms with van der Waals surface area (Å²) in [5.41, 5.74) is 3.26. The summed E-state index contributed by atoms with van der Waals surface area (Å²) in [5, 5.41) is 0. The van der Waals surface area contributed by atoms with Crippen molar-refractivity contribution in [3.05, 3.63) is 57.1 Å². The summed E-state index contributed by atoms with van der Waals surface area (Å²) < 4.78 is 17.0. The van der Waals surface area contributed by atoms with Crippen molar-refractivity contribution in [1.29, 1.82) is 0 Å². The summed E-state index contributed by atoms with van der Waals surface area (Å²) in [6, 6.07) is 9.19. The second kappa shape index (κ2) is 9.34. The molecule has 0 atom stereocenters. The average molecular weight is 474 g/mol. The predicted octanol–water partition coefficient (Wildman–Crippen LogP) is 4.15. The molecule has 30 heavy (non-hydrogen) atoms. The van der Waals surface area contributed by atoms with Gasteiger partial charge in [-0.3, -0.25) is 9.59 Å². The molecule has 1 aliphatic carbocycles. The molecule has 158 valence electrons. The van der Waals surface area contributed by atoms with Crippen LogP contribution in [-0.4, -0.2) is 51.5 Å². The molecule has 0 heterocycles. The third-order valence-corrected chi connectivity index (χ3v) is 5.53. The Morgan fingerprint density at radius 3 is 2.57 bits per heavy atom. The van der Waals surface area contributed by atoms with Crippen LogP contribution in [0.4, 0.5) is 0 Å². The van der Waals surface area contributed by atoms with E-state index in [0.717, 1.165) is 28.9 Å². The number of aryl methyl sites for hydroxylation is 1. The number of methoxy groups -OCH3 is 2. The molecule has 1 aliphatic rings. The number of allylic oxidation sites excluding steroid dienone is 1. The Hall–Kier alpha value is -2.80. The van der Waals surface area contributed by atoms with Gasteiger partial charge in [0.15, 0.2) is 23.9 Å². The zero-order chi connectivity index (χ0) is 21.8. The molecule has 7 heteroatoms. The average Bonchev–Trinajstić information content (AvgIpc) is 2.73. The minimum atomic E-state index is -0.154. The van der Waals surface area contributed by atoms with Crippen molar-refractivity contribution >= 4 is 33.7 Å². The molecule has 6 nitrogen and oxygen atoms in total. The van der Waals surface area contributed by atoms with E-state index >= 15 is 0 Å². The molecule has 2 aromatic carbocycles. The number of ketones is 1. The summed E-state index contributed by atoms with van der Waals surface area (Å²) in [6.45, 7) is -0.0961. The molecule has 0 fully saturated rings. The first kappa shape index (κ1) is 21.9. The molecule has 1 amide bonds.